The molecule has 0 fully saturated rings. The molecule has 0 saturated heterocycles. The van der Waals surface area contributed by atoms with E-state index in [4.69, 9.17) is 11.6 Å². The molecule has 0 aliphatic heterocycles. The van der Waals surface area contributed by atoms with E-state index in [9.17, 15) is 10.1 Å². The number of carbonyl (C=O) groups excluding carboxylic acids is 1. The zero-order valence-electron chi connectivity index (χ0n) is 13.4. The third-order valence-electron chi connectivity index (χ3n) is 3.25. The molecule has 2 N–H and O–H groups in total. The third kappa shape index (κ3) is 4.51. The van der Waals surface area contributed by atoms with Crippen molar-refractivity contribution < 1.29 is 4.79 Å². The van der Waals surface area contributed by atoms with E-state index in [1.54, 1.807) is 24.3 Å². The molecule has 24 heavy (non-hydrogen) atoms. The first-order chi connectivity index (χ1) is 11.5. The van der Waals surface area contributed by atoms with Crippen LogP contribution in [0.2, 0.25) is 5.02 Å². The van der Waals surface area contributed by atoms with Gasteiger partial charge in [0.05, 0.1) is 10.7 Å². The molecule has 0 atom stereocenters. The fourth-order valence-corrected chi connectivity index (χ4v) is 2.10. The van der Waals surface area contributed by atoms with Crippen molar-refractivity contribution in [1.29, 1.82) is 5.26 Å². The average molecular weight is 341 g/mol. The maximum atomic E-state index is 12.2. The van der Waals surface area contributed by atoms with Crippen molar-refractivity contribution in [2.45, 2.75) is 0 Å². The summed E-state index contributed by atoms with van der Waals surface area (Å²) in [4.78, 5) is 14.1. The first kappa shape index (κ1) is 17.4. The second kappa shape index (κ2) is 8.04. The molecule has 5 nitrogen and oxygen atoms in total. The van der Waals surface area contributed by atoms with Crippen LogP contribution in [-0.2, 0) is 4.79 Å². The molecule has 122 valence electrons. The Balaban J connectivity index is 2.07. The van der Waals surface area contributed by atoms with E-state index in [1.165, 1.54) is 6.20 Å². The summed E-state index contributed by atoms with van der Waals surface area (Å²) in [6.07, 6.45) is 1.37. The maximum Gasteiger partial charge on any atom is 0.267 e. The minimum absolute atomic E-state index is 0.0494. The lowest BCUT2D eigenvalue weighted by Gasteiger charge is -2.12. The minimum atomic E-state index is -0.525. The molecule has 0 bridgehead atoms. The van der Waals surface area contributed by atoms with Crippen LogP contribution in [0.15, 0.2) is 60.3 Å². The molecule has 0 radical (unpaired) electrons. The number of hydrogen-bond donors (Lipinski definition) is 2. The van der Waals surface area contributed by atoms with Crippen LogP contribution in [-0.4, -0.2) is 20.0 Å². The molecular weight excluding hydrogens is 324 g/mol. The maximum absolute atomic E-state index is 12.2. The minimum Gasteiger partial charge on any atom is -0.378 e. The molecule has 0 saturated carbocycles. The first-order valence-electron chi connectivity index (χ1n) is 7.21. The first-order valence-corrected chi connectivity index (χ1v) is 7.59. The van der Waals surface area contributed by atoms with Gasteiger partial charge < -0.3 is 15.5 Å². The molecule has 2 aromatic rings. The van der Waals surface area contributed by atoms with Crippen LogP contribution in [0, 0.1) is 11.3 Å². The van der Waals surface area contributed by atoms with E-state index >= 15 is 0 Å². The summed E-state index contributed by atoms with van der Waals surface area (Å²) in [6, 6.07) is 16.3. The number of benzene rings is 2. The van der Waals surface area contributed by atoms with Crippen LogP contribution in [0.25, 0.3) is 0 Å². The highest BCUT2D eigenvalue weighted by Crippen LogP contribution is 2.21. The fourth-order valence-electron chi connectivity index (χ4n) is 1.91. The van der Waals surface area contributed by atoms with E-state index in [0.29, 0.717) is 10.7 Å². The summed E-state index contributed by atoms with van der Waals surface area (Å²) in [7, 11) is 3.91. The van der Waals surface area contributed by atoms with Gasteiger partial charge in [0.2, 0.25) is 0 Å². The normalized spacial score (nSPS) is 10.7. The molecule has 0 aliphatic rings. The van der Waals surface area contributed by atoms with Gasteiger partial charge in [0.25, 0.3) is 5.91 Å². The third-order valence-corrected chi connectivity index (χ3v) is 3.58. The number of carbonyl (C=O) groups is 1. The highest BCUT2D eigenvalue weighted by atomic mass is 35.5. The monoisotopic (exact) mass is 340 g/mol. The fraction of sp³-hybridized carbons (Fsp3) is 0.111. The Bertz CT molecular complexity index is 791. The Labute approximate surface area is 146 Å². The molecule has 1 amide bonds. The van der Waals surface area contributed by atoms with Crippen molar-refractivity contribution in [3.8, 4) is 6.07 Å². The Morgan fingerprint density at radius 2 is 1.83 bits per heavy atom. The van der Waals surface area contributed by atoms with Gasteiger partial charge in [0.15, 0.2) is 0 Å². The number of hydrogen-bond acceptors (Lipinski definition) is 4. The van der Waals surface area contributed by atoms with Gasteiger partial charge in [-0.25, -0.2) is 0 Å². The number of nitrogens with zero attached hydrogens (tertiary/aromatic N) is 2. The number of halogens is 1. The molecule has 6 heteroatoms. The molecule has 0 spiro atoms. The van der Waals surface area contributed by atoms with Gasteiger partial charge >= 0.3 is 0 Å². The highest BCUT2D eigenvalue weighted by Gasteiger charge is 2.10. The highest BCUT2D eigenvalue weighted by molar-refractivity contribution is 6.33. The lowest BCUT2D eigenvalue weighted by atomic mass is 10.2. The number of anilines is 3. The van der Waals surface area contributed by atoms with Crippen molar-refractivity contribution in [3.05, 3.63) is 65.3 Å². The van der Waals surface area contributed by atoms with Crippen LogP contribution < -0.4 is 15.5 Å². The summed E-state index contributed by atoms with van der Waals surface area (Å²) in [5.74, 6) is -0.525. The van der Waals surface area contributed by atoms with Crippen molar-refractivity contribution in [3.63, 3.8) is 0 Å². The quantitative estimate of drug-likeness (QED) is 0.640. The van der Waals surface area contributed by atoms with Crippen molar-refractivity contribution in [2.75, 3.05) is 29.6 Å². The Morgan fingerprint density at radius 1 is 1.17 bits per heavy atom. The van der Waals surface area contributed by atoms with Gasteiger partial charge in [-0.1, -0.05) is 23.7 Å². The van der Waals surface area contributed by atoms with Crippen LogP contribution >= 0.6 is 11.6 Å². The summed E-state index contributed by atoms with van der Waals surface area (Å²) < 4.78 is 0. The largest absolute Gasteiger partial charge is 0.378 e. The summed E-state index contributed by atoms with van der Waals surface area (Å²) in [6.45, 7) is 0. The zero-order chi connectivity index (χ0) is 17.5. The molecule has 0 unspecified atom stereocenters. The topological polar surface area (TPSA) is 68.2 Å². The van der Waals surface area contributed by atoms with E-state index in [2.05, 4.69) is 10.6 Å². The Morgan fingerprint density at radius 3 is 2.42 bits per heavy atom. The second-order valence-electron chi connectivity index (χ2n) is 5.19. The van der Waals surface area contributed by atoms with Gasteiger partial charge in [-0.2, -0.15) is 5.26 Å². The van der Waals surface area contributed by atoms with E-state index in [1.807, 2.05) is 49.3 Å². The molecular formula is C18H17ClN4O. The van der Waals surface area contributed by atoms with Crippen LogP contribution in [0.4, 0.5) is 17.1 Å². The number of para-hydroxylation sites is 1. The Kier molecular flexibility index (Phi) is 5.83. The predicted octanol–water partition coefficient (Wildman–Crippen LogP) is 3.86. The zero-order valence-corrected chi connectivity index (χ0v) is 14.1. The van der Waals surface area contributed by atoms with Gasteiger partial charge in [-0.3, -0.25) is 4.79 Å². The number of amides is 1. The molecule has 0 aliphatic carbocycles. The summed E-state index contributed by atoms with van der Waals surface area (Å²) >= 11 is 5.99. The van der Waals surface area contributed by atoms with Crippen molar-refractivity contribution in [1.82, 2.24) is 0 Å². The predicted molar refractivity (Wildman–Crippen MR) is 98.2 cm³/mol. The lowest BCUT2D eigenvalue weighted by molar-refractivity contribution is -0.112. The van der Waals surface area contributed by atoms with Gasteiger partial charge in [0, 0.05) is 31.7 Å². The van der Waals surface area contributed by atoms with Gasteiger partial charge in [-0.05, 0) is 36.4 Å². The van der Waals surface area contributed by atoms with Crippen LogP contribution in [0.1, 0.15) is 0 Å². The smallest absolute Gasteiger partial charge is 0.267 e. The number of nitrogens with one attached hydrogen (secondary N) is 2. The molecule has 2 rings (SSSR count). The van der Waals surface area contributed by atoms with E-state index < -0.39 is 5.91 Å². The van der Waals surface area contributed by atoms with E-state index in [-0.39, 0.29) is 5.57 Å². The summed E-state index contributed by atoms with van der Waals surface area (Å²) in [5.41, 5.74) is 2.24. The van der Waals surface area contributed by atoms with Crippen LogP contribution in [0.3, 0.4) is 0 Å². The van der Waals surface area contributed by atoms with Gasteiger partial charge in [-0.15, -0.1) is 0 Å². The standard InChI is InChI=1S/C18H17ClN4O/c1-23(2)15-9-7-14(8-10-15)21-12-13(11-20)18(24)22-17-6-4-3-5-16(17)19/h3-10,12,21H,1-2H3,(H,22,24)/b13-12-. The van der Waals surface area contributed by atoms with Gasteiger partial charge in [0.1, 0.15) is 11.6 Å². The number of nitriles is 1. The van der Waals surface area contributed by atoms with Crippen molar-refractivity contribution >= 4 is 34.6 Å². The lowest BCUT2D eigenvalue weighted by Crippen LogP contribution is -2.14. The molecule has 0 aromatic heterocycles. The Hall–Kier alpha value is -2.97. The van der Waals surface area contributed by atoms with Crippen molar-refractivity contribution in [2.24, 2.45) is 0 Å². The second-order valence-corrected chi connectivity index (χ2v) is 5.60. The average Bonchev–Trinajstić information content (AvgIpc) is 2.58. The molecule has 2 aromatic carbocycles. The number of rotatable bonds is 5. The van der Waals surface area contributed by atoms with Crippen LogP contribution in [0.5, 0.6) is 0 Å². The SMILES string of the molecule is CN(C)c1ccc(N/C=C(/C#N)C(=O)Nc2ccccc2Cl)cc1. The molecule has 0 heterocycles. The van der Waals surface area contributed by atoms with E-state index in [0.717, 1.165) is 11.4 Å². The summed E-state index contributed by atoms with van der Waals surface area (Å²) in [5, 5.41) is 15.2.